The fraction of sp³-hybridized carbons (Fsp3) is 0.643. The number of hydrogen-bond donors (Lipinski definition) is 1. The van der Waals surface area contributed by atoms with Crippen LogP contribution in [-0.2, 0) is 11.0 Å². The molecule has 2 aliphatic heterocycles. The van der Waals surface area contributed by atoms with Gasteiger partial charge in [0.1, 0.15) is 6.10 Å². The fourth-order valence-corrected chi connectivity index (χ4v) is 3.06. The van der Waals surface area contributed by atoms with Gasteiger partial charge in [0.2, 0.25) is 5.95 Å². The summed E-state index contributed by atoms with van der Waals surface area (Å²) >= 11 is 0. The predicted molar refractivity (Wildman–Crippen MR) is 74.6 cm³/mol. The first-order valence-corrected chi connectivity index (χ1v) is 7.49. The van der Waals surface area contributed by atoms with Crippen molar-refractivity contribution in [3.05, 3.63) is 18.0 Å². The van der Waals surface area contributed by atoms with Gasteiger partial charge >= 0.3 is 6.18 Å². The number of halogens is 3. The lowest BCUT2D eigenvalue weighted by molar-refractivity contribution is -0.138. The molecule has 6 nitrogen and oxygen atoms in total. The molecule has 126 valence electrons. The molecule has 1 amide bonds. The maximum atomic E-state index is 12.5. The number of nitrogens with zero attached hydrogens (tertiary/aromatic N) is 4. The maximum absolute atomic E-state index is 12.5. The molecule has 1 unspecified atom stereocenters. The first-order chi connectivity index (χ1) is 10.9. The second kappa shape index (κ2) is 5.95. The Bertz CT molecular complexity index is 570. The average Bonchev–Trinajstić information content (AvgIpc) is 2.86. The molecule has 0 aromatic carbocycles. The molecular formula is C14H17F3N4O2. The summed E-state index contributed by atoms with van der Waals surface area (Å²) in [5.41, 5.74) is -0.868. The SMILES string of the molecule is O=C1C(O)CCN1C1CCN(c2ncc(C(F)(F)F)cn2)CC1. The summed E-state index contributed by atoms with van der Waals surface area (Å²) in [6, 6.07) is 0.0605. The van der Waals surface area contributed by atoms with Crippen LogP contribution in [0.15, 0.2) is 12.4 Å². The highest BCUT2D eigenvalue weighted by atomic mass is 19.4. The van der Waals surface area contributed by atoms with Gasteiger partial charge in [-0.1, -0.05) is 0 Å². The number of anilines is 1. The van der Waals surface area contributed by atoms with Crippen LogP contribution in [0.2, 0.25) is 0 Å². The normalized spacial score (nSPS) is 23.7. The van der Waals surface area contributed by atoms with Crippen LogP contribution in [-0.4, -0.2) is 57.7 Å². The van der Waals surface area contributed by atoms with Crippen LogP contribution < -0.4 is 4.90 Å². The highest BCUT2D eigenvalue weighted by Crippen LogP contribution is 2.29. The standard InChI is InChI=1S/C14H17F3N4O2/c15-14(16,17)9-7-18-13(19-8-9)20-4-1-10(2-5-20)21-6-3-11(22)12(21)23/h7-8,10-11,22H,1-6H2. The zero-order valence-corrected chi connectivity index (χ0v) is 12.3. The van der Waals surface area contributed by atoms with Crippen molar-refractivity contribution in [2.75, 3.05) is 24.5 Å². The number of carbonyl (C=O) groups is 1. The third kappa shape index (κ3) is 3.24. The van der Waals surface area contributed by atoms with Crippen LogP contribution in [0.1, 0.15) is 24.8 Å². The minimum Gasteiger partial charge on any atom is -0.383 e. The predicted octanol–water partition coefficient (Wildman–Crippen LogP) is 1.06. The third-order valence-corrected chi connectivity index (χ3v) is 4.37. The van der Waals surface area contributed by atoms with Crippen LogP contribution in [0, 0.1) is 0 Å². The van der Waals surface area contributed by atoms with Crippen molar-refractivity contribution < 1.29 is 23.1 Å². The lowest BCUT2D eigenvalue weighted by Crippen LogP contribution is -2.46. The molecule has 0 radical (unpaired) electrons. The molecule has 3 heterocycles. The van der Waals surface area contributed by atoms with Gasteiger partial charge in [0, 0.05) is 38.1 Å². The number of rotatable bonds is 2. The maximum Gasteiger partial charge on any atom is 0.419 e. The first-order valence-electron chi connectivity index (χ1n) is 7.49. The van der Waals surface area contributed by atoms with Gasteiger partial charge < -0.3 is 14.9 Å². The molecule has 2 fully saturated rings. The van der Waals surface area contributed by atoms with E-state index in [0.717, 1.165) is 12.4 Å². The van der Waals surface area contributed by atoms with E-state index >= 15 is 0 Å². The van der Waals surface area contributed by atoms with Crippen molar-refractivity contribution in [2.45, 2.75) is 37.6 Å². The molecule has 0 aliphatic carbocycles. The third-order valence-electron chi connectivity index (χ3n) is 4.37. The molecule has 1 aromatic rings. The second-order valence-electron chi connectivity index (χ2n) is 5.82. The molecule has 1 N–H and O–H groups in total. The number of amides is 1. The summed E-state index contributed by atoms with van der Waals surface area (Å²) in [5, 5.41) is 9.51. The van der Waals surface area contributed by atoms with Gasteiger partial charge in [-0.25, -0.2) is 9.97 Å². The van der Waals surface area contributed by atoms with Gasteiger partial charge in [0.05, 0.1) is 5.56 Å². The van der Waals surface area contributed by atoms with E-state index in [2.05, 4.69) is 9.97 Å². The molecule has 3 rings (SSSR count). The Morgan fingerprint density at radius 3 is 2.17 bits per heavy atom. The fourth-order valence-electron chi connectivity index (χ4n) is 3.06. The van der Waals surface area contributed by atoms with E-state index in [-0.39, 0.29) is 17.9 Å². The van der Waals surface area contributed by atoms with Crippen molar-refractivity contribution in [3.63, 3.8) is 0 Å². The average molecular weight is 330 g/mol. The van der Waals surface area contributed by atoms with Crippen molar-refractivity contribution in [2.24, 2.45) is 0 Å². The molecule has 23 heavy (non-hydrogen) atoms. The number of aliphatic hydroxyl groups is 1. The summed E-state index contributed by atoms with van der Waals surface area (Å²) in [4.78, 5) is 22.9. The van der Waals surface area contributed by atoms with Gasteiger partial charge in [-0.15, -0.1) is 0 Å². The van der Waals surface area contributed by atoms with E-state index in [0.29, 0.717) is 38.9 Å². The molecule has 0 spiro atoms. The number of piperidine rings is 1. The zero-order valence-electron chi connectivity index (χ0n) is 12.3. The van der Waals surface area contributed by atoms with Gasteiger partial charge in [0.25, 0.3) is 5.91 Å². The number of aromatic nitrogens is 2. The summed E-state index contributed by atoms with van der Waals surface area (Å²) in [7, 11) is 0. The van der Waals surface area contributed by atoms with E-state index in [1.165, 1.54) is 0 Å². The van der Waals surface area contributed by atoms with E-state index in [4.69, 9.17) is 0 Å². The lowest BCUT2D eigenvalue weighted by atomic mass is 10.0. The Morgan fingerprint density at radius 1 is 1.09 bits per heavy atom. The molecule has 1 atom stereocenters. The molecule has 1 aromatic heterocycles. The molecule has 2 saturated heterocycles. The largest absolute Gasteiger partial charge is 0.419 e. The summed E-state index contributed by atoms with van der Waals surface area (Å²) in [6.07, 6.45) is -1.94. The Morgan fingerprint density at radius 2 is 1.70 bits per heavy atom. The Kier molecular flexibility index (Phi) is 4.13. The highest BCUT2D eigenvalue weighted by Gasteiger charge is 2.36. The Labute approximate surface area is 130 Å². The summed E-state index contributed by atoms with van der Waals surface area (Å²) in [6.45, 7) is 1.69. The monoisotopic (exact) mass is 330 g/mol. The van der Waals surface area contributed by atoms with Crippen LogP contribution in [0.25, 0.3) is 0 Å². The van der Waals surface area contributed by atoms with Gasteiger partial charge in [-0.2, -0.15) is 13.2 Å². The smallest absolute Gasteiger partial charge is 0.383 e. The van der Waals surface area contributed by atoms with Gasteiger partial charge in [-0.05, 0) is 19.3 Å². The summed E-state index contributed by atoms with van der Waals surface area (Å²) in [5.74, 6) is 0.0402. The number of carbonyl (C=O) groups excluding carboxylic acids is 1. The van der Waals surface area contributed by atoms with E-state index in [1.807, 2.05) is 4.90 Å². The molecule has 0 saturated carbocycles. The van der Waals surface area contributed by atoms with E-state index < -0.39 is 17.8 Å². The topological polar surface area (TPSA) is 69.6 Å². The Balaban J connectivity index is 1.60. The zero-order chi connectivity index (χ0) is 16.6. The van der Waals surface area contributed by atoms with Crippen molar-refractivity contribution >= 4 is 11.9 Å². The lowest BCUT2D eigenvalue weighted by Gasteiger charge is -2.36. The first kappa shape index (κ1) is 16.0. The number of hydrogen-bond acceptors (Lipinski definition) is 5. The Hall–Kier alpha value is -1.90. The highest BCUT2D eigenvalue weighted by molar-refractivity contribution is 5.83. The van der Waals surface area contributed by atoms with Gasteiger partial charge in [-0.3, -0.25) is 4.79 Å². The van der Waals surface area contributed by atoms with Crippen LogP contribution in [0.5, 0.6) is 0 Å². The van der Waals surface area contributed by atoms with Crippen molar-refractivity contribution in [1.82, 2.24) is 14.9 Å². The number of likely N-dealkylation sites (tertiary alicyclic amines) is 1. The number of alkyl halides is 3. The molecule has 9 heteroatoms. The second-order valence-corrected chi connectivity index (χ2v) is 5.82. The van der Waals surface area contributed by atoms with E-state index in [9.17, 15) is 23.1 Å². The minimum atomic E-state index is -4.44. The quantitative estimate of drug-likeness (QED) is 0.878. The van der Waals surface area contributed by atoms with Crippen molar-refractivity contribution in [3.8, 4) is 0 Å². The van der Waals surface area contributed by atoms with Gasteiger partial charge in [0.15, 0.2) is 0 Å². The molecule has 2 aliphatic rings. The molecule has 0 bridgehead atoms. The molecular weight excluding hydrogens is 313 g/mol. The van der Waals surface area contributed by atoms with E-state index in [1.54, 1.807) is 4.90 Å². The number of aliphatic hydroxyl groups excluding tert-OH is 1. The van der Waals surface area contributed by atoms with Crippen molar-refractivity contribution in [1.29, 1.82) is 0 Å². The van der Waals surface area contributed by atoms with Crippen LogP contribution in [0.4, 0.5) is 19.1 Å². The summed E-state index contributed by atoms with van der Waals surface area (Å²) < 4.78 is 37.5. The minimum absolute atomic E-state index is 0.0605. The van der Waals surface area contributed by atoms with Crippen LogP contribution in [0.3, 0.4) is 0 Å². The van der Waals surface area contributed by atoms with Crippen LogP contribution >= 0.6 is 0 Å².